The van der Waals surface area contributed by atoms with E-state index in [1.165, 1.54) is 7.11 Å². The number of hydrogen-bond donors (Lipinski definition) is 3. The van der Waals surface area contributed by atoms with E-state index in [4.69, 9.17) is 25.5 Å². The van der Waals surface area contributed by atoms with Gasteiger partial charge in [0.15, 0.2) is 24.1 Å². The Kier molecular flexibility index (Phi) is 8.41. The largest absolute Gasteiger partial charge is 0.489 e. The van der Waals surface area contributed by atoms with E-state index in [0.29, 0.717) is 35.3 Å². The molecule has 0 saturated heterocycles. The van der Waals surface area contributed by atoms with Crippen LogP contribution in [0.1, 0.15) is 12.0 Å². The lowest BCUT2D eigenvalue weighted by Crippen LogP contribution is -2.24. The maximum Gasteiger partial charge on any atom is 0.343 e. The van der Waals surface area contributed by atoms with Crippen LogP contribution in [0.2, 0.25) is 0 Å². The first kappa shape index (κ1) is 22.9. The monoisotopic (exact) mass is 415 g/mol. The maximum absolute atomic E-state index is 11.9. The third-order valence-electron chi connectivity index (χ3n) is 3.04. The van der Waals surface area contributed by atoms with Crippen molar-refractivity contribution in [2.24, 2.45) is 16.5 Å². The highest BCUT2D eigenvalue weighted by Gasteiger charge is 2.18. The zero-order valence-corrected chi connectivity index (χ0v) is 16.1. The number of ether oxygens (including phenoxy) is 3. The number of rotatable bonds is 4. The van der Waals surface area contributed by atoms with Crippen molar-refractivity contribution in [3.8, 4) is 11.5 Å². The normalized spacial score (nSPS) is 12.6. The fourth-order valence-corrected chi connectivity index (χ4v) is 1.99. The van der Waals surface area contributed by atoms with Gasteiger partial charge in [0, 0.05) is 17.6 Å². The number of methoxy groups -OCH3 is 1. The molecular weight excluding hydrogens is 394 g/mol. The minimum Gasteiger partial charge on any atom is -0.489 e. The van der Waals surface area contributed by atoms with Crippen LogP contribution >= 0.6 is 0 Å². The van der Waals surface area contributed by atoms with Crippen LogP contribution in [0.3, 0.4) is 0 Å². The minimum absolute atomic E-state index is 0.236. The third kappa shape index (κ3) is 8.51. The Morgan fingerprint density at radius 2 is 1.96 bits per heavy atom. The second kappa shape index (κ2) is 10.3. The SMILES string of the molecule is COC(=O)COc1cccc2c1OCCC(C(=O)N=C(N)N)=C2.CS(=O)(=O)O. The first-order valence-corrected chi connectivity index (χ1v) is 9.58. The van der Waals surface area contributed by atoms with E-state index in [-0.39, 0.29) is 19.2 Å². The summed E-state index contributed by atoms with van der Waals surface area (Å²) in [7, 11) is -2.39. The fraction of sp³-hybridized carbons (Fsp3) is 0.312. The lowest BCUT2D eigenvalue weighted by molar-refractivity contribution is -0.142. The van der Waals surface area contributed by atoms with Crippen molar-refractivity contribution in [1.82, 2.24) is 0 Å². The summed E-state index contributed by atoms with van der Waals surface area (Å²) >= 11 is 0. The molecule has 0 atom stereocenters. The molecular formula is C16H21N3O8S. The smallest absolute Gasteiger partial charge is 0.343 e. The Hall–Kier alpha value is -3.12. The molecule has 0 aliphatic carbocycles. The molecule has 1 aromatic carbocycles. The zero-order chi connectivity index (χ0) is 21.3. The summed E-state index contributed by atoms with van der Waals surface area (Å²) < 4.78 is 41.4. The maximum atomic E-state index is 11.9. The highest BCUT2D eigenvalue weighted by atomic mass is 32.2. The number of hydrogen-bond acceptors (Lipinski definition) is 7. The predicted molar refractivity (Wildman–Crippen MR) is 100 cm³/mol. The number of nitrogens with zero attached hydrogens (tertiary/aromatic N) is 1. The quantitative estimate of drug-likeness (QED) is 0.256. The number of nitrogens with two attached hydrogens (primary N) is 2. The lowest BCUT2D eigenvalue weighted by atomic mass is 10.1. The van der Waals surface area contributed by atoms with E-state index >= 15 is 0 Å². The van der Waals surface area contributed by atoms with Crippen LogP contribution in [0.5, 0.6) is 11.5 Å². The number of amides is 1. The molecule has 0 bridgehead atoms. The summed E-state index contributed by atoms with van der Waals surface area (Å²) in [4.78, 5) is 26.7. The topological polar surface area (TPSA) is 181 Å². The van der Waals surface area contributed by atoms with Gasteiger partial charge < -0.3 is 25.7 Å². The Morgan fingerprint density at radius 1 is 1.32 bits per heavy atom. The number of carbonyl (C=O) groups is 2. The van der Waals surface area contributed by atoms with E-state index in [0.717, 1.165) is 0 Å². The summed E-state index contributed by atoms with van der Waals surface area (Å²) in [6.45, 7) is 0.0168. The van der Waals surface area contributed by atoms with Gasteiger partial charge in [-0.25, -0.2) is 4.79 Å². The molecule has 1 heterocycles. The van der Waals surface area contributed by atoms with Gasteiger partial charge >= 0.3 is 5.97 Å². The number of carbonyl (C=O) groups excluding carboxylic acids is 2. The molecule has 2 rings (SSSR count). The van der Waals surface area contributed by atoms with Crippen molar-refractivity contribution in [2.75, 3.05) is 26.6 Å². The average molecular weight is 415 g/mol. The van der Waals surface area contributed by atoms with Crippen molar-refractivity contribution in [3.63, 3.8) is 0 Å². The van der Waals surface area contributed by atoms with Crippen molar-refractivity contribution < 1.29 is 36.8 Å². The molecule has 0 aromatic heterocycles. The van der Waals surface area contributed by atoms with Gasteiger partial charge in [0.2, 0.25) is 0 Å². The molecule has 0 saturated carbocycles. The first-order chi connectivity index (χ1) is 13.0. The molecule has 11 nitrogen and oxygen atoms in total. The van der Waals surface area contributed by atoms with Gasteiger partial charge in [-0.1, -0.05) is 12.1 Å². The van der Waals surface area contributed by atoms with E-state index < -0.39 is 22.0 Å². The molecule has 1 amide bonds. The number of aliphatic imine (C=N–C) groups is 1. The van der Waals surface area contributed by atoms with Crippen LogP contribution in [-0.2, 0) is 24.4 Å². The molecule has 1 aliphatic heterocycles. The van der Waals surface area contributed by atoms with Crippen molar-refractivity contribution in [2.45, 2.75) is 6.42 Å². The number of para-hydroxylation sites is 1. The van der Waals surface area contributed by atoms with Crippen LogP contribution < -0.4 is 20.9 Å². The van der Waals surface area contributed by atoms with Crippen molar-refractivity contribution in [1.29, 1.82) is 0 Å². The summed E-state index contributed by atoms with van der Waals surface area (Å²) in [5, 5.41) is 0. The lowest BCUT2D eigenvalue weighted by Gasteiger charge is -2.12. The summed E-state index contributed by atoms with van der Waals surface area (Å²) in [5.41, 5.74) is 11.5. The van der Waals surface area contributed by atoms with Crippen LogP contribution in [-0.4, -0.2) is 57.4 Å². The first-order valence-electron chi connectivity index (χ1n) is 7.73. The molecule has 1 aromatic rings. The second-order valence-corrected chi connectivity index (χ2v) is 6.85. The van der Waals surface area contributed by atoms with Gasteiger partial charge in [0.1, 0.15) is 0 Å². The standard InChI is InChI=1S/C15H17N3O5.CH4O3S/c1-21-12(19)8-23-11-4-2-3-9-7-10(5-6-22-13(9)11)14(20)18-15(16)17;1-5(2,3)4/h2-4,7H,5-6,8H2,1H3,(H4,16,17,18,20);1H3,(H,2,3,4). The molecule has 28 heavy (non-hydrogen) atoms. The van der Waals surface area contributed by atoms with E-state index in [1.54, 1.807) is 24.3 Å². The van der Waals surface area contributed by atoms with Gasteiger partial charge in [0.25, 0.3) is 16.0 Å². The van der Waals surface area contributed by atoms with Gasteiger partial charge in [-0.2, -0.15) is 13.4 Å². The molecule has 154 valence electrons. The predicted octanol–water partition coefficient (Wildman–Crippen LogP) is -0.292. The number of esters is 1. The van der Waals surface area contributed by atoms with Crippen LogP contribution in [0.25, 0.3) is 6.08 Å². The van der Waals surface area contributed by atoms with Gasteiger partial charge in [-0.05, 0) is 12.1 Å². The van der Waals surface area contributed by atoms with Crippen LogP contribution in [0.4, 0.5) is 0 Å². The zero-order valence-electron chi connectivity index (χ0n) is 15.2. The Bertz CT molecular complexity index is 881. The minimum atomic E-state index is -3.67. The number of benzene rings is 1. The van der Waals surface area contributed by atoms with Gasteiger partial charge in [-0.3, -0.25) is 9.35 Å². The Balaban J connectivity index is 0.000000696. The third-order valence-corrected chi connectivity index (χ3v) is 3.04. The Labute approximate surface area is 161 Å². The molecule has 0 fully saturated rings. The molecule has 0 spiro atoms. The van der Waals surface area contributed by atoms with E-state index in [1.807, 2.05) is 0 Å². The summed E-state index contributed by atoms with van der Waals surface area (Å²) in [6, 6.07) is 5.15. The molecule has 0 unspecified atom stereocenters. The fourth-order valence-electron chi connectivity index (χ4n) is 1.99. The van der Waals surface area contributed by atoms with Crippen molar-refractivity contribution >= 4 is 34.0 Å². The van der Waals surface area contributed by atoms with E-state index in [2.05, 4.69) is 9.73 Å². The average Bonchev–Trinajstić information content (AvgIpc) is 2.80. The summed E-state index contributed by atoms with van der Waals surface area (Å²) in [6.07, 6.45) is 2.70. The number of fused-ring (bicyclic) bond motifs is 1. The highest BCUT2D eigenvalue weighted by Crippen LogP contribution is 2.35. The van der Waals surface area contributed by atoms with Crippen LogP contribution in [0, 0.1) is 0 Å². The Morgan fingerprint density at radius 3 is 2.54 bits per heavy atom. The van der Waals surface area contributed by atoms with Gasteiger partial charge in [0.05, 0.1) is 20.0 Å². The second-order valence-electron chi connectivity index (χ2n) is 5.38. The molecule has 0 radical (unpaired) electrons. The van der Waals surface area contributed by atoms with Crippen molar-refractivity contribution in [3.05, 3.63) is 29.3 Å². The molecule has 5 N–H and O–H groups in total. The van der Waals surface area contributed by atoms with E-state index in [9.17, 15) is 18.0 Å². The number of guanidine groups is 1. The summed E-state index contributed by atoms with van der Waals surface area (Å²) in [5.74, 6) is -0.474. The highest BCUT2D eigenvalue weighted by molar-refractivity contribution is 7.85. The molecule has 12 heteroatoms. The van der Waals surface area contributed by atoms with Crippen LogP contribution in [0.15, 0.2) is 28.8 Å². The molecule has 1 aliphatic rings. The van der Waals surface area contributed by atoms with Gasteiger partial charge in [-0.15, -0.1) is 0 Å².